The van der Waals surface area contributed by atoms with Gasteiger partial charge >= 0.3 is 5.97 Å². The fraction of sp³-hybridized carbons (Fsp3) is 0.545. The number of nitrogens with zero attached hydrogens (tertiary/aromatic N) is 1. The van der Waals surface area contributed by atoms with Crippen molar-refractivity contribution < 1.29 is 14.7 Å². The van der Waals surface area contributed by atoms with Crippen LogP contribution >= 0.6 is 11.8 Å². The first-order valence-electron chi connectivity index (χ1n) is 5.70. The summed E-state index contributed by atoms with van der Waals surface area (Å²) in [6.07, 6.45) is 6.33. The number of thioether (sulfide) groups is 1. The predicted octanol–water partition coefficient (Wildman–Crippen LogP) is 1.37. The number of carboxylic acids is 1. The molecule has 0 aliphatic rings. The number of imidazole rings is 1. The van der Waals surface area contributed by atoms with Crippen molar-refractivity contribution in [1.29, 1.82) is 0 Å². The molecule has 0 bridgehead atoms. The maximum atomic E-state index is 11.7. The lowest BCUT2D eigenvalue weighted by Crippen LogP contribution is -2.26. The van der Waals surface area contributed by atoms with Crippen LogP contribution in [0.2, 0.25) is 0 Å². The van der Waals surface area contributed by atoms with E-state index in [4.69, 9.17) is 5.11 Å². The maximum Gasteiger partial charge on any atom is 0.354 e. The molecule has 0 fully saturated rings. The van der Waals surface area contributed by atoms with Crippen LogP contribution in [0.1, 0.15) is 40.2 Å². The van der Waals surface area contributed by atoms with Crippen LogP contribution in [0.3, 0.4) is 0 Å². The number of carbonyl (C=O) groups is 2. The fourth-order valence-electron chi connectivity index (χ4n) is 1.46. The van der Waals surface area contributed by atoms with Gasteiger partial charge in [-0.1, -0.05) is 6.42 Å². The molecule has 0 saturated heterocycles. The van der Waals surface area contributed by atoms with E-state index < -0.39 is 11.9 Å². The normalized spacial score (nSPS) is 10.3. The Bertz CT molecular complexity index is 406. The highest BCUT2D eigenvalue weighted by Crippen LogP contribution is 2.04. The minimum absolute atomic E-state index is 0.0633. The van der Waals surface area contributed by atoms with Crippen molar-refractivity contribution in [3.05, 3.63) is 17.7 Å². The molecule has 0 aliphatic carbocycles. The SMILES string of the molecule is CSCCCCCNC(=O)c1nc[nH]c1C(=O)O. The lowest BCUT2D eigenvalue weighted by Gasteiger charge is -2.03. The molecule has 0 unspecified atom stereocenters. The Kier molecular flexibility index (Phi) is 6.27. The highest BCUT2D eigenvalue weighted by molar-refractivity contribution is 7.98. The van der Waals surface area contributed by atoms with Gasteiger partial charge in [0.2, 0.25) is 0 Å². The number of nitrogens with one attached hydrogen (secondary N) is 2. The summed E-state index contributed by atoms with van der Waals surface area (Å²) in [4.78, 5) is 28.6. The molecule has 100 valence electrons. The quantitative estimate of drug-likeness (QED) is 0.621. The number of unbranched alkanes of at least 4 members (excludes halogenated alkanes) is 2. The van der Waals surface area contributed by atoms with E-state index in [2.05, 4.69) is 21.5 Å². The van der Waals surface area contributed by atoms with Gasteiger partial charge in [0.1, 0.15) is 0 Å². The van der Waals surface area contributed by atoms with Crippen molar-refractivity contribution in [3.8, 4) is 0 Å². The van der Waals surface area contributed by atoms with Gasteiger partial charge in [0.15, 0.2) is 11.4 Å². The molecule has 1 heterocycles. The molecule has 0 aromatic carbocycles. The summed E-state index contributed by atoms with van der Waals surface area (Å²) >= 11 is 1.80. The van der Waals surface area contributed by atoms with Gasteiger partial charge in [-0.3, -0.25) is 4.79 Å². The van der Waals surface area contributed by atoms with Crippen molar-refractivity contribution in [3.63, 3.8) is 0 Å². The van der Waals surface area contributed by atoms with Gasteiger partial charge in [-0.25, -0.2) is 9.78 Å². The highest BCUT2D eigenvalue weighted by Gasteiger charge is 2.18. The number of aromatic amines is 1. The molecule has 1 aromatic rings. The van der Waals surface area contributed by atoms with E-state index in [0.717, 1.165) is 25.0 Å². The Morgan fingerprint density at radius 1 is 1.44 bits per heavy atom. The zero-order valence-corrected chi connectivity index (χ0v) is 11.0. The Morgan fingerprint density at radius 3 is 2.89 bits per heavy atom. The molecular weight excluding hydrogens is 254 g/mol. The van der Waals surface area contributed by atoms with Crippen LogP contribution in [0.5, 0.6) is 0 Å². The third-order valence-corrected chi connectivity index (χ3v) is 3.08. The Labute approximate surface area is 110 Å². The third kappa shape index (κ3) is 4.40. The molecule has 18 heavy (non-hydrogen) atoms. The molecule has 3 N–H and O–H groups in total. The summed E-state index contributed by atoms with van der Waals surface area (Å²) < 4.78 is 0. The first-order valence-corrected chi connectivity index (χ1v) is 7.10. The standard InChI is InChI=1S/C11H17N3O3S/c1-18-6-4-2-3-5-12-10(15)8-9(11(16)17)14-7-13-8/h7H,2-6H2,1H3,(H,12,15)(H,13,14)(H,16,17). The summed E-state index contributed by atoms with van der Waals surface area (Å²) in [7, 11) is 0. The molecule has 1 rings (SSSR count). The second-order valence-electron chi connectivity index (χ2n) is 3.74. The summed E-state index contributed by atoms with van der Waals surface area (Å²) in [6.45, 7) is 0.541. The van der Waals surface area contributed by atoms with Gasteiger partial charge in [-0.05, 0) is 24.9 Å². The largest absolute Gasteiger partial charge is 0.477 e. The van der Waals surface area contributed by atoms with Gasteiger partial charge < -0.3 is 15.4 Å². The van der Waals surface area contributed by atoms with E-state index in [1.807, 2.05) is 0 Å². The molecule has 0 radical (unpaired) electrons. The lowest BCUT2D eigenvalue weighted by molar-refractivity contribution is 0.0685. The van der Waals surface area contributed by atoms with Crippen LogP contribution in [-0.4, -0.2) is 45.5 Å². The zero-order valence-electron chi connectivity index (χ0n) is 10.2. The molecule has 7 heteroatoms. The number of aromatic carboxylic acids is 1. The summed E-state index contributed by atoms with van der Waals surface area (Å²) in [5.41, 5.74) is -0.235. The van der Waals surface area contributed by atoms with Gasteiger partial charge in [-0.2, -0.15) is 11.8 Å². The second kappa shape index (κ2) is 7.75. The minimum Gasteiger partial charge on any atom is -0.477 e. The van der Waals surface area contributed by atoms with E-state index >= 15 is 0 Å². The lowest BCUT2D eigenvalue weighted by atomic mass is 10.2. The number of hydrogen-bond acceptors (Lipinski definition) is 4. The monoisotopic (exact) mass is 271 g/mol. The summed E-state index contributed by atoms with van der Waals surface area (Å²) in [6, 6.07) is 0. The number of hydrogen-bond donors (Lipinski definition) is 3. The van der Waals surface area contributed by atoms with Gasteiger partial charge in [0, 0.05) is 6.54 Å². The number of rotatable bonds is 8. The molecule has 6 nitrogen and oxygen atoms in total. The van der Waals surface area contributed by atoms with E-state index in [-0.39, 0.29) is 11.4 Å². The summed E-state index contributed by atoms with van der Waals surface area (Å²) in [5.74, 6) is -0.507. The van der Waals surface area contributed by atoms with Gasteiger partial charge in [0.05, 0.1) is 6.33 Å². The predicted molar refractivity (Wildman–Crippen MR) is 70.1 cm³/mol. The molecular formula is C11H17N3O3S. The minimum atomic E-state index is -1.18. The van der Waals surface area contributed by atoms with Crippen LogP contribution in [0.15, 0.2) is 6.33 Å². The number of amides is 1. The first kappa shape index (κ1) is 14.6. The fourth-order valence-corrected chi connectivity index (χ4v) is 1.96. The van der Waals surface area contributed by atoms with E-state index in [1.165, 1.54) is 6.33 Å². The van der Waals surface area contributed by atoms with E-state index in [9.17, 15) is 9.59 Å². The average Bonchev–Trinajstić information content (AvgIpc) is 2.82. The molecule has 1 amide bonds. The van der Waals surface area contributed by atoms with Gasteiger partial charge in [-0.15, -0.1) is 0 Å². The first-order chi connectivity index (χ1) is 8.66. The van der Waals surface area contributed by atoms with Crippen molar-refractivity contribution in [2.75, 3.05) is 18.6 Å². The molecule has 0 aliphatic heterocycles. The van der Waals surface area contributed by atoms with Crippen LogP contribution in [0, 0.1) is 0 Å². The Morgan fingerprint density at radius 2 is 2.22 bits per heavy atom. The van der Waals surface area contributed by atoms with Gasteiger partial charge in [0.25, 0.3) is 5.91 Å². The molecule has 0 spiro atoms. The Hall–Kier alpha value is -1.50. The zero-order chi connectivity index (χ0) is 13.4. The van der Waals surface area contributed by atoms with E-state index in [0.29, 0.717) is 6.54 Å². The second-order valence-corrected chi connectivity index (χ2v) is 4.73. The molecule has 0 saturated carbocycles. The van der Waals surface area contributed by atoms with Crippen LogP contribution in [0.4, 0.5) is 0 Å². The van der Waals surface area contributed by atoms with Crippen molar-refractivity contribution >= 4 is 23.6 Å². The van der Waals surface area contributed by atoms with Crippen molar-refractivity contribution in [1.82, 2.24) is 15.3 Å². The number of carboxylic acid groups (broad SMARTS) is 1. The van der Waals surface area contributed by atoms with E-state index in [1.54, 1.807) is 11.8 Å². The van der Waals surface area contributed by atoms with Crippen LogP contribution in [-0.2, 0) is 0 Å². The van der Waals surface area contributed by atoms with Crippen molar-refractivity contribution in [2.24, 2.45) is 0 Å². The third-order valence-electron chi connectivity index (χ3n) is 2.38. The van der Waals surface area contributed by atoms with Crippen molar-refractivity contribution in [2.45, 2.75) is 19.3 Å². The number of aromatic nitrogens is 2. The van der Waals surface area contributed by atoms with Crippen LogP contribution in [0.25, 0.3) is 0 Å². The Balaban J connectivity index is 2.32. The number of carbonyl (C=O) groups excluding carboxylic acids is 1. The average molecular weight is 271 g/mol. The number of H-pyrrole nitrogens is 1. The highest BCUT2D eigenvalue weighted by atomic mass is 32.2. The molecule has 1 aromatic heterocycles. The maximum absolute atomic E-state index is 11.7. The van der Waals surface area contributed by atoms with Crippen LogP contribution < -0.4 is 5.32 Å². The smallest absolute Gasteiger partial charge is 0.354 e. The summed E-state index contributed by atoms with van der Waals surface area (Å²) in [5, 5.41) is 11.5. The molecule has 0 atom stereocenters. The topological polar surface area (TPSA) is 95.1 Å².